The third-order valence-corrected chi connectivity index (χ3v) is 2.22. The van der Waals surface area contributed by atoms with Crippen LogP contribution in [-0.4, -0.2) is 12.3 Å². The number of carbonyl (C=O) groups excluding carboxylic acids is 1. The van der Waals surface area contributed by atoms with Gasteiger partial charge in [-0.25, -0.2) is 0 Å². The third-order valence-electron chi connectivity index (χ3n) is 2.22. The number of hydrogen-bond donors (Lipinski definition) is 0. The van der Waals surface area contributed by atoms with Gasteiger partial charge in [-0.1, -0.05) is 19.3 Å². The predicted molar refractivity (Wildman–Crippen MR) is 42.8 cm³/mol. The largest absolute Gasteiger partial charge is 0.433 e. The van der Waals surface area contributed by atoms with Crippen molar-refractivity contribution in [1.29, 1.82) is 0 Å². The second-order valence-electron chi connectivity index (χ2n) is 3.34. The molecule has 0 aromatic heterocycles. The highest BCUT2D eigenvalue weighted by Crippen LogP contribution is 2.24. The summed E-state index contributed by atoms with van der Waals surface area (Å²) >= 11 is 0. The van der Waals surface area contributed by atoms with Crippen LogP contribution in [0, 0.1) is 5.92 Å². The Labute approximate surface area is 72.7 Å². The zero-order chi connectivity index (χ0) is 8.97. The molecule has 1 rings (SSSR count). The molecule has 12 heavy (non-hydrogen) atoms. The van der Waals surface area contributed by atoms with E-state index in [0.717, 1.165) is 25.7 Å². The highest BCUT2D eigenvalue weighted by atomic mass is 16.6. The number of rotatable bonds is 2. The molecule has 1 atom stereocenters. The Morgan fingerprint density at radius 2 is 1.92 bits per heavy atom. The van der Waals surface area contributed by atoms with E-state index >= 15 is 0 Å². The summed E-state index contributed by atoms with van der Waals surface area (Å²) in [5, 5.41) is 10.5. The van der Waals surface area contributed by atoms with Crippen LogP contribution in [0.2, 0.25) is 0 Å². The van der Waals surface area contributed by atoms with Crippen LogP contribution >= 0.6 is 0 Å². The molecule has 1 fully saturated rings. The van der Waals surface area contributed by atoms with Crippen molar-refractivity contribution < 1.29 is 14.6 Å². The van der Waals surface area contributed by atoms with Crippen LogP contribution in [0.25, 0.3) is 0 Å². The van der Waals surface area contributed by atoms with Crippen molar-refractivity contribution in [3.8, 4) is 0 Å². The first-order valence-electron chi connectivity index (χ1n) is 4.56. The average Bonchev–Trinajstić information content (AvgIpc) is 2.05. The van der Waals surface area contributed by atoms with Crippen LogP contribution in [0.5, 0.6) is 0 Å². The molecule has 0 bridgehead atoms. The van der Waals surface area contributed by atoms with Crippen LogP contribution in [0.15, 0.2) is 0 Å². The minimum absolute atomic E-state index is 0.00449. The van der Waals surface area contributed by atoms with Gasteiger partial charge in [0.15, 0.2) is 0 Å². The lowest BCUT2D eigenvalue weighted by atomic mass is 9.89. The van der Waals surface area contributed by atoms with Gasteiger partial charge in [0, 0.05) is 6.92 Å². The Hall–Kier alpha value is -0.570. The monoisotopic (exact) mass is 171 g/mol. The molecule has 0 N–H and O–H groups in total. The Morgan fingerprint density at radius 3 is 2.42 bits per heavy atom. The molecule has 0 aromatic carbocycles. The Morgan fingerprint density at radius 1 is 1.33 bits per heavy atom. The SMILES string of the molecule is CC([O])OC(=O)C1CCCCC1. The molecule has 0 spiro atoms. The molecular formula is C9H15O3. The zero-order valence-corrected chi connectivity index (χ0v) is 7.41. The van der Waals surface area contributed by atoms with Gasteiger partial charge in [0.05, 0.1) is 5.92 Å². The molecule has 1 saturated carbocycles. The molecule has 0 amide bonds. The van der Waals surface area contributed by atoms with Crippen molar-refractivity contribution in [3.05, 3.63) is 0 Å². The first kappa shape index (κ1) is 9.52. The lowest BCUT2D eigenvalue weighted by Gasteiger charge is -2.20. The predicted octanol–water partition coefficient (Wildman–Crippen LogP) is 1.89. The van der Waals surface area contributed by atoms with Crippen molar-refractivity contribution in [1.82, 2.24) is 0 Å². The Bertz CT molecular complexity index is 148. The second-order valence-corrected chi connectivity index (χ2v) is 3.34. The third kappa shape index (κ3) is 2.81. The zero-order valence-electron chi connectivity index (χ0n) is 7.41. The molecule has 0 heterocycles. The minimum atomic E-state index is -1.21. The molecule has 3 heteroatoms. The second kappa shape index (κ2) is 4.45. The van der Waals surface area contributed by atoms with Crippen molar-refractivity contribution in [2.45, 2.75) is 45.3 Å². The van der Waals surface area contributed by atoms with Crippen LogP contribution in [0.3, 0.4) is 0 Å². The fraction of sp³-hybridized carbons (Fsp3) is 0.889. The summed E-state index contributed by atoms with van der Waals surface area (Å²) in [7, 11) is 0. The van der Waals surface area contributed by atoms with E-state index in [9.17, 15) is 9.90 Å². The average molecular weight is 171 g/mol. The Balaban J connectivity index is 2.30. The smallest absolute Gasteiger partial charge is 0.311 e. The van der Waals surface area contributed by atoms with Crippen LogP contribution < -0.4 is 0 Å². The van der Waals surface area contributed by atoms with Crippen molar-refractivity contribution in [2.75, 3.05) is 0 Å². The van der Waals surface area contributed by atoms with Gasteiger partial charge in [-0.15, -0.1) is 0 Å². The maximum Gasteiger partial charge on any atom is 0.311 e. The van der Waals surface area contributed by atoms with E-state index < -0.39 is 6.29 Å². The maximum absolute atomic E-state index is 11.2. The molecule has 1 aliphatic carbocycles. The van der Waals surface area contributed by atoms with Gasteiger partial charge >= 0.3 is 5.97 Å². The summed E-state index contributed by atoms with van der Waals surface area (Å²) < 4.78 is 4.60. The van der Waals surface area contributed by atoms with Gasteiger partial charge < -0.3 is 4.74 Å². The van der Waals surface area contributed by atoms with Gasteiger partial charge in [0.1, 0.15) is 0 Å². The summed E-state index contributed by atoms with van der Waals surface area (Å²) in [6, 6.07) is 0. The van der Waals surface area contributed by atoms with E-state index in [1.165, 1.54) is 13.3 Å². The fourth-order valence-electron chi connectivity index (χ4n) is 1.60. The van der Waals surface area contributed by atoms with E-state index in [2.05, 4.69) is 4.74 Å². The summed E-state index contributed by atoms with van der Waals surface area (Å²) in [5.41, 5.74) is 0. The van der Waals surface area contributed by atoms with Gasteiger partial charge in [-0.05, 0) is 12.8 Å². The number of esters is 1. The summed E-state index contributed by atoms with van der Waals surface area (Å²) in [5.74, 6) is -0.299. The molecule has 1 radical (unpaired) electrons. The van der Waals surface area contributed by atoms with Crippen molar-refractivity contribution in [3.63, 3.8) is 0 Å². The maximum atomic E-state index is 11.2. The molecule has 3 nitrogen and oxygen atoms in total. The number of carbonyl (C=O) groups is 1. The summed E-state index contributed by atoms with van der Waals surface area (Å²) in [6.07, 6.45) is 3.97. The van der Waals surface area contributed by atoms with Crippen molar-refractivity contribution >= 4 is 5.97 Å². The van der Waals surface area contributed by atoms with E-state index in [-0.39, 0.29) is 11.9 Å². The molecule has 0 aromatic rings. The number of hydrogen-bond acceptors (Lipinski definition) is 2. The first-order chi connectivity index (χ1) is 5.70. The van der Waals surface area contributed by atoms with Crippen LogP contribution in [-0.2, 0) is 14.6 Å². The van der Waals surface area contributed by atoms with Gasteiger partial charge in [0.25, 0.3) is 0 Å². The van der Waals surface area contributed by atoms with Gasteiger partial charge in [-0.2, -0.15) is 5.11 Å². The van der Waals surface area contributed by atoms with Crippen molar-refractivity contribution in [2.24, 2.45) is 5.92 Å². The summed E-state index contributed by atoms with van der Waals surface area (Å²) in [6.45, 7) is 1.35. The topological polar surface area (TPSA) is 46.2 Å². The van der Waals surface area contributed by atoms with E-state index in [1.807, 2.05) is 0 Å². The molecule has 1 unspecified atom stereocenters. The fourth-order valence-corrected chi connectivity index (χ4v) is 1.60. The van der Waals surface area contributed by atoms with Gasteiger partial charge in [-0.3, -0.25) is 4.79 Å². The molecular weight excluding hydrogens is 156 g/mol. The molecule has 1 aliphatic rings. The standard InChI is InChI=1S/C9H15O3/c1-7(10)12-9(11)8-5-3-2-4-6-8/h7-8H,2-6H2,1H3. The lowest BCUT2D eigenvalue weighted by Crippen LogP contribution is -2.23. The normalized spacial score (nSPS) is 21.8. The van der Waals surface area contributed by atoms with E-state index in [1.54, 1.807) is 0 Å². The summed E-state index contributed by atoms with van der Waals surface area (Å²) in [4.78, 5) is 11.2. The van der Waals surface area contributed by atoms with E-state index in [0.29, 0.717) is 0 Å². The first-order valence-corrected chi connectivity index (χ1v) is 4.56. The molecule has 69 valence electrons. The lowest BCUT2D eigenvalue weighted by molar-refractivity contribution is -0.180. The van der Waals surface area contributed by atoms with Crippen LogP contribution in [0.1, 0.15) is 39.0 Å². The van der Waals surface area contributed by atoms with Gasteiger partial charge in [0.2, 0.25) is 6.29 Å². The number of ether oxygens (including phenoxy) is 1. The van der Waals surface area contributed by atoms with E-state index in [4.69, 9.17) is 0 Å². The van der Waals surface area contributed by atoms with Crippen LogP contribution in [0.4, 0.5) is 0 Å². The Kier molecular flexibility index (Phi) is 3.53. The minimum Gasteiger partial charge on any atom is -0.433 e. The quantitative estimate of drug-likeness (QED) is 0.470. The molecule has 0 aliphatic heterocycles. The highest BCUT2D eigenvalue weighted by Gasteiger charge is 2.23. The highest BCUT2D eigenvalue weighted by molar-refractivity contribution is 5.72. The molecule has 0 saturated heterocycles.